The fourth-order valence-corrected chi connectivity index (χ4v) is 5.85. The van der Waals surface area contributed by atoms with E-state index < -0.39 is 11.9 Å². The summed E-state index contributed by atoms with van der Waals surface area (Å²) in [6.45, 7) is 3.47. The van der Waals surface area contributed by atoms with Gasteiger partial charge in [-0.15, -0.1) is 0 Å². The van der Waals surface area contributed by atoms with Crippen LogP contribution in [-0.4, -0.2) is 32.1 Å². The molecule has 0 spiro atoms. The molecule has 0 aliphatic heterocycles. The van der Waals surface area contributed by atoms with Gasteiger partial charge in [0, 0.05) is 53.8 Å². The Morgan fingerprint density at radius 1 is 0.520 bits per heavy atom. The van der Waals surface area contributed by atoms with Crippen LogP contribution in [0.5, 0.6) is 0 Å². The third-order valence-electron chi connectivity index (χ3n) is 8.77. The number of aryl methyl sites for hydroxylation is 3. The fourth-order valence-electron chi connectivity index (χ4n) is 5.85. The molecule has 6 aromatic rings. The monoisotopic (exact) mass is 664 g/mol. The zero-order valence-corrected chi connectivity index (χ0v) is 28.1. The number of carboxylic acids is 2. The number of carbonyl (C=O) groups is 2. The largest absolute Gasteiger partial charge is 0.481 e. The van der Waals surface area contributed by atoms with Crippen LogP contribution in [0.1, 0.15) is 38.2 Å². The predicted octanol–water partition coefficient (Wildman–Crippen LogP) is 7.68. The van der Waals surface area contributed by atoms with Crippen molar-refractivity contribution in [2.45, 2.75) is 52.1 Å². The van der Waals surface area contributed by atoms with Gasteiger partial charge in [-0.25, -0.2) is 19.1 Å². The van der Waals surface area contributed by atoms with Crippen molar-refractivity contribution < 1.29 is 28.9 Å². The third-order valence-corrected chi connectivity index (χ3v) is 8.77. The molecule has 0 atom stereocenters. The number of pyridine rings is 2. The summed E-state index contributed by atoms with van der Waals surface area (Å²) in [5, 5.41) is 17.8. The standard InChI is InChI=1S/C42H38N4O4/c1-2-30-7-9-37(10-8-30)42-43-38(35-15-11-31(12-16-35)33-19-25-45(26-20-33)23-3-5-40(47)48)29-39(44-42)36-17-13-32(14-18-36)34-21-27-46(28-22-34)24-4-6-41(49)50/h7-22,25-29H,2-6,23-24H2,1H3/p+2. The maximum Gasteiger partial charge on any atom is 0.303 e. The lowest BCUT2D eigenvalue weighted by Crippen LogP contribution is -2.32. The summed E-state index contributed by atoms with van der Waals surface area (Å²) in [6, 6.07) is 35.4. The molecule has 50 heavy (non-hydrogen) atoms. The van der Waals surface area contributed by atoms with E-state index in [9.17, 15) is 9.59 Å². The highest BCUT2D eigenvalue weighted by molar-refractivity contribution is 5.75. The number of benzene rings is 3. The Morgan fingerprint density at radius 2 is 0.880 bits per heavy atom. The summed E-state index contributed by atoms with van der Waals surface area (Å²) in [4.78, 5) is 31.7. The zero-order chi connectivity index (χ0) is 34.9. The maximum absolute atomic E-state index is 10.8. The first-order chi connectivity index (χ1) is 24.3. The molecule has 0 radical (unpaired) electrons. The molecule has 0 saturated heterocycles. The van der Waals surface area contributed by atoms with Gasteiger partial charge >= 0.3 is 11.9 Å². The van der Waals surface area contributed by atoms with Gasteiger partial charge in [-0.3, -0.25) is 9.59 Å². The number of hydrogen-bond acceptors (Lipinski definition) is 4. The Kier molecular flexibility index (Phi) is 10.8. The SMILES string of the molecule is CCc1ccc(-c2nc(-c3ccc(-c4cc[n+](CCCC(=O)O)cc4)cc3)cc(-c3ccc(-c4cc[n+](CCCC(=O)O)cc4)cc3)n2)cc1. The van der Waals surface area contributed by atoms with E-state index in [-0.39, 0.29) is 12.8 Å². The van der Waals surface area contributed by atoms with Crippen molar-refractivity contribution in [1.82, 2.24) is 9.97 Å². The molecule has 3 heterocycles. The molecule has 250 valence electrons. The smallest absolute Gasteiger partial charge is 0.303 e. The van der Waals surface area contributed by atoms with Crippen LogP contribution in [-0.2, 0) is 29.1 Å². The summed E-state index contributed by atoms with van der Waals surface area (Å²) < 4.78 is 4.01. The van der Waals surface area contributed by atoms with Crippen molar-refractivity contribution in [2.24, 2.45) is 0 Å². The Hall–Kier alpha value is -6.02. The molecule has 0 unspecified atom stereocenters. The zero-order valence-electron chi connectivity index (χ0n) is 28.1. The summed E-state index contributed by atoms with van der Waals surface area (Å²) in [5.74, 6) is -0.884. The molecule has 3 aromatic carbocycles. The van der Waals surface area contributed by atoms with Crippen molar-refractivity contribution in [3.63, 3.8) is 0 Å². The highest BCUT2D eigenvalue weighted by atomic mass is 16.4. The van der Waals surface area contributed by atoms with Gasteiger partial charge in [0.1, 0.15) is 13.1 Å². The lowest BCUT2D eigenvalue weighted by molar-refractivity contribution is -0.697. The first-order valence-electron chi connectivity index (χ1n) is 17.0. The topological polar surface area (TPSA) is 108 Å². The van der Waals surface area contributed by atoms with Crippen molar-refractivity contribution in [1.29, 1.82) is 0 Å². The minimum atomic E-state index is -0.775. The molecular formula is C42H40N4O4+2. The second-order valence-corrected chi connectivity index (χ2v) is 12.3. The highest BCUT2D eigenvalue weighted by Gasteiger charge is 2.13. The maximum atomic E-state index is 10.8. The molecular weight excluding hydrogens is 624 g/mol. The average molecular weight is 665 g/mol. The number of carboxylic acid groups (broad SMARTS) is 2. The van der Waals surface area contributed by atoms with E-state index in [1.807, 2.05) is 40.0 Å². The Morgan fingerprint density at radius 3 is 1.26 bits per heavy atom. The van der Waals surface area contributed by atoms with Crippen LogP contribution in [0.3, 0.4) is 0 Å². The lowest BCUT2D eigenvalue weighted by atomic mass is 10.0. The molecule has 0 bridgehead atoms. The van der Waals surface area contributed by atoms with Gasteiger partial charge < -0.3 is 10.2 Å². The molecule has 8 heteroatoms. The number of aliphatic carboxylic acids is 2. The third kappa shape index (κ3) is 8.71. The first kappa shape index (κ1) is 33.9. The van der Waals surface area contributed by atoms with Crippen LogP contribution in [0.4, 0.5) is 0 Å². The summed E-state index contributed by atoms with van der Waals surface area (Å²) in [6.07, 6.45) is 10.4. The summed E-state index contributed by atoms with van der Waals surface area (Å²) in [5.41, 5.74) is 10.2. The summed E-state index contributed by atoms with van der Waals surface area (Å²) >= 11 is 0. The van der Waals surface area contributed by atoms with E-state index in [1.54, 1.807) is 0 Å². The lowest BCUT2D eigenvalue weighted by Gasteiger charge is -2.11. The van der Waals surface area contributed by atoms with E-state index >= 15 is 0 Å². The van der Waals surface area contributed by atoms with Crippen molar-refractivity contribution in [2.75, 3.05) is 0 Å². The van der Waals surface area contributed by atoms with Gasteiger partial charge in [-0.1, -0.05) is 79.7 Å². The normalized spacial score (nSPS) is 11.0. The van der Waals surface area contributed by atoms with Gasteiger partial charge in [-0.2, -0.15) is 0 Å². The predicted molar refractivity (Wildman–Crippen MR) is 193 cm³/mol. The second-order valence-electron chi connectivity index (χ2n) is 12.3. The van der Waals surface area contributed by atoms with Gasteiger partial charge in [0.05, 0.1) is 24.2 Å². The molecule has 0 fully saturated rings. The van der Waals surface area contributed by atoms with Crippen molar-refractivity contribution in [3.05, 3.63) is 133 Å². The van der Waals surface area contributed by atoms with Crippen LogP contribution in [0, 0.1) is 0 Å². The number of nitrogens with zero attached hydrogens (tertiary/aromatic N) is 4. The average Bonchev–Trinajstić information content (AvgIpc) is 3.15. The summed E-state index contributed by atoms with van der Waals surface area (Å²) in [7, 11) is 0. The van der Waals surface area contributed by atoms with Crippen molar-refractivity contribution >= 4 is 11.9 Å². The minimum Gasteiger partial charge on any atom is -0.481 e. The molecule has 0 aliphatic carbocycles. The van der Waals surface area contributed by atoms with Crippen LogP contribution < -0.4 is 9.13 Å². The second kappa shape index (κ2) is 15.9. The highest BCUT2D eigenvalue weighted by Crippen LogP contribution is 2.30. The minimum absolute atomic E-state index is 0.158. The Labute approximate surface area is 292 Å². The van der Waals surface area contributed by atoms with Gasteiger partial charge in [-0.05, 0) is 40.3 Å². The molecule has 0 saturated carbocycles. The van der Waals surface area contributed by atoms with E-state index in [2.05, 4.69) is 104 Å². The van der Waals surface area contributed by atoms with Gasteiger partial charge in [0.25, 0.3) is 0 Å². The van der Waals surface area contributed by atoms with E-state index in [0.29, 0.717) is 31.8 Å². The quantitative estimate of drug-likeness (QED) is 0.116. The van der Waals surface area contributed by atoms with Crippen LogP contribution in [0.25, 0.3) is 56.2 Å². The number of rotatable bonds is 14. The van der Waals surface area contributed by atoms with Gasteiger partial charge in [0.2, 0.25) is 0 Å². The van der Waals surface area contributed by atoms with Crippen LogP contribution in [0.2, 0.25) is 0 Å². The molecule has 2 N–H and O–H groups in total. The molecule has 0 amide bonds. The van der Waals surface area contributed by atoms with E-state index in [1.165, 1.54) is 5.56 Å². The Bertz CT molecular complexity index is 1930. The number of hydrogen-bond donors (Lipinski definition) is 2. The van der Waals surface area contributed by atoms with E-state index in [0.717, 1.165) is 56.8 Å². The van der Waals surface area contributed by atoms with Crippen LogP contribution in [0.15, 0.2) is 128 Å². The van der Waals surface area contributed by atoms with E-state index in [4.69, 9.17) is 20.2 Å². The first-order valence-corrected chi connectivity index (χ1v) is 17.0. The molecule has 0 aliphatic rings. The Balaban J connectivity index is 1.25. The van der Waals surface area contributed by atoms with Gasteiger partial charge in [0.15, 0.2) is 30.6 Å². The molecule has 8 nitrogen and oxygen atoms in total. The van der Waals surface area contributed by atoms with Crippen molar-refractivity contribution in [3.8, 4) is 56.2 Å². The number of aromatic nitrogens is 4. The van der Waals surface area contributed by atoms with Crippen LogP contribution >= 0.6 is 0 Å². The molecule has 6 rings (SSSR count). The fraction of sp³-hybridized carbons (Fsp3) is 0.190. The molecule has 3 aromatic heterocycles.